The second-order valence-electron chi connectivity index (χ2n) is 5.88. The van der Waals surface area contributed by atoms with E-state index in [1.165, 1.54) is 11.3 Å². The molecule has 0 unspecified atom stereocenters. The van der Waals surface area contributed by atoms with Gasteiger partial charge >= 0.3 is 0 Å². The quantitative estimate of drug-likeness (QED) is 0.745. The number of hydrogen-bond acceptors (Lipinski definition) is 3. The van der Waals surface area contributed by atoms with Crippen LogP contribution in [0.3, 0.4) is 0 Å². The number of hydrogen-bond donors (Lipinski definition) is 1. The van der Waals surface area contributed by atoms with Gasteiger partial charge in [0, 0.05) is 41.1 Å². The molecule has 6 heteroatoms. The Hall–Kier alpha value is -1.88. The van der Waals surface area contributed by atoms with Crippen molar-refractivity contribution in [2.75, 3.05) is 0 Å². The molecule has 1 aliphatic rings. The number of nitrogens with one attached hydrogen (secondary N) is 1. The molecule has 0 saturated heterocycles. The lowest BCUT2D eigenvalue weighted by atomic mass is 9.99. The van der Waals surface area contributed by atoms with Crippen molar-refractivity contribution >= 4 is 24.0 Å². The zero-order valence-electron chi connectivity index (χ0n) is 13.2. The summed E-state index contributed by atoms with van der Waals surface area (Å²) in [5.41, 5.74) is 5.62. The molecule has 0 saturated carbocycles. The van der Waals surface area contributed by atoms with E-state index in [1.54, 1.807) is 0 Å². The van der Waals surface area contributed by atoms with Crippen LogP contribution in [0.4, 0.5) is 0 Å². The lowest BCUT2D eigenvalue weighted by Crippen LogP contribution is -2.36. The van der Waals surface area contributed by atoms with Gasteiger partial charge in [0.1, 0.15) is 5.69 Å². The first kappa shape index (κ1) is 17.0. The molecule has 1 aliphatic heterocycles. The van der Waals surface area contributed by atoms with E-state index in [9.17, 15) is 0 Å². The Balaban J connectivity index is 0.00000169. The van der Waals surface area contributed by atoms with Crippen LogP contribution in [0.5, 0.6) is 0 Å². The number of aromatic nitrogens is 3. The van der Waals surface area contributed by atoms with Gasteiger partial charge in [-0.3, -0.25) is 9.67 Å². The molecule has 2 aromatic heterocycles. The molecular formula is C18H18Cl2N4. The number of benzene rings is 1. The first-order chi connectivity index (χ1) is 11.2. The average Bonchev–Trinajstić information content (AvgIpc) is 2.94. The van der Waals surface area contributed by atoms with E-state index < -0.39 is 0 Å². The summed E-state index contributed by atoms with van der Waals surface area (Å²) in [5.74, 6) is 0. The van der Waals surface area contributed by atoms with Gasteiger partial charge in [0.2, 0.25) is 0 Å². The van der Waals surface area contributed by atoms with Gasteiger partial charge in [-0.25, -0.2) is 0 Å². The molecule has 4 nitrogen and oxygen atoms in total. The Labute approximate surface area is 152 Å². The minimum atomic E-state index is 0. The van der Waals surface area contributed by atoms with Crippen molar-refractivity contribution in [1.82, 2.24) is 20.1 Å². The summed E-state index contributed by atoms with van der Waals surface area (Å²) < 4.78 is 2.13. The first-order valence-corrected chi connectivity index (χ1v) is 8.09. The Kier molecular flexibility index (Phi) is 4.90. The number of rotatable bonds is 2. The van der Waals surface area contributed by atoms with Gasteiger partial charge in [0.05, 0.1) is 12.2 Å². The van der Waals surface area contributed by atoms with Crippen LogP contribution in [0.25, 0.3) is 22.4 Å². The SMILES string of the molecule is C[C@@H]1Cn2nc(-c3ccc(Cl)cc3)c(-c3ccncc3)c2CN1.Cl. The van der Waals surface area contributed by atoms with Crippen molar-refractivity contribution in [3.63, 3.8) is 0 Å². The molecule has 1 atom stereocenters. The van der Waals surface area contributed by atoms with Crippen LogP contribution in [0.2, 0.25) is 5.02 Å². The molecule has 0 aliphatic carbocycles. The summed E-state index contributed by atoms with van der Waals surface area (Å²) in [5, 5.41) is 9.15. The summed E-state index contributed by atoms with van der Waals surface area (Å²) in [6, 6.07) is 12.4. The van der Waals surface area contributed by atoms with Crippen molar-refractivity contribution in [2.24, 2.45) is 0 Å². The molecule has 0 bridgehead atoms. The molecule has 3 heterocycles. The van der Waals surface area contributed by atoms with Gasteiger partial charge in [0.25, 0.3) is 0 Å². The van der Waals surface area contributed by atoms with Crippen molar-refractivity contribution in [3.05, 3.63) is 59.5 Å². The molecule has 1 aromatic carbocycles. The highest BCUT2D eigenvalue weighted by Gasteiger charge is 2.24. The van der Waals surface area contributed by atoms with E-state index in [0.29, 0.717) is 6.04 Å². The standard InChI is InChI=1S/C18H17ClN4.ClH/c1-12-11-23-16(10-21-12)17(13-6-8-20-9-7-13)18(22-23)14-2-4-15(19)5-3-14;/h2-9,12,21H,10-11H2,1H3;1H/t12-;/m1./s1. The smallest absolute Gasteiger partial charge is 0.100 e. The van der Waals surface area contributed by atoms with Crippen LogP contribution in [0.15, 0.2) is 48.8 Å². The molecule has 4 rings (SSSR count). The van der Waals surface area contributed by atoms with Gasteiger partial charge in [-0.2, -0.15) is 5.10 Å². The third kappa shape index (κ3) is 3.05. The fourth-order valence-electron chi connectivity index (χ4n) is 3.05. The highest BCUT2D eigenvalue weighted by molar-refractivity contribution is 6.30. The van der Waals surface area contributed by atoms with Crippen molar-refractivity contribution in [2.45, 2.75) is 26.1 Å². The molecule has 0 fully saturated rings. The van der Waals surface area contributed by atoms with Crippen LogP contribution in [0, 0.1) is 0 Å². The average molecular weight is 361 g/mol. The Morgan fingerprint density at radius 1 is 1.08 bits per heavy atom. The van der Waals surface area contributed by atoms with E-state index >= 15 is 0 Å². The third-order valence-electron chi connectivity index (χ3n) is 4.21. The maximum absolute atomic E-state index is 6.03. The lowest BCUT2D eigenvalue weighted by Gasteiger charge is -2.22. The fraction of sp³-hybridized carbons (Fsp3) is 0.222. The normalized spacial score (nSPS) is 16.3. The summed E-state index contributed by atoms with van der Waals surface area (Å²) in [4.78, 5) is 4.13. The monoisotopic (exact) mass is 360 g/mol. The molecule has 1 N–H and O–H groups in total. The zero-order chi connectivity index (χ0) is 15.8. The van der Waals surface area contributed by atoms with Crippen molar-refractivity contribution < 1.29 is 0 Å². The third-order valence-corrected chi connectivity index (χ3v) is 4.46. The molecule has 0 radical (unpaired) electrons. The Morgan fingerprint density at radius 2 is 1.79 bits per heavy atom. The summed E-state index contributed by atoms with van der Waals surface area (Å²) in [6.07, 6.45) is 3.65. The van der Waals surface area contributed by atoms with Crippen LogP contribution in [-0.4, -0.2) is 20.8 Å². The van der Waals surface area contributed by atoms with Gasteiger partial charge < -0.3 is 5.32 Å². The van der Waals surface area contributed by atoms with E-state index in [1.807, 2.05) is 48.8 Å². The van der Waals surface area contributed by atoms with Crippen LogP contribution >= 0.6 is 24.0 Å². The van der Waals surface area contributed by atoms with Crippen molar-refractivity contribution in [1.29, 1.82) is 0 Å². The minimum Gasteiger partial charge on any atom is -0.307 e. The van der Waals surface area contributed by atoms with Gasteiger partial charge in [-0.15, -0.1) is 12.4 Å². The highest BCUT2D eigenvalue weighted by Crippen LogP contribution is 2.35. The molecule has 0 amide bonds. The number of pyridine rings is 1. The number of nitrogens with zero attached hydrogens (tertiary/aromatic N) is 3. The molecule has 0 spiro atoms. The van der Waals surface area contributed by atoms with E-state index in [-0.39, 0.29) is 12.4 Å². The Bertz CT molecular complexity index is 828. The Morgan fingerprint density at radius 3 is 2.50 bits per heavy atom. The lowest BCUT2D eigenvalue weighted by molar-refractivity contribution is 0.390. The zero-order valence-corrected chi connectivity index (χ0v) is 14.8. The molecule has 124 valence electrons. The van der Waals surface area contributed by atoms with E-state index in [2.05, 4.69) is 21.9 Å². The van der Waals surface area contributed by atoms with Gasteiger partial charge in [-0.1, -0.05) is 23.7 Å². The summed E-state index contributed by atoms with van der Waals surface area (Å²) in [6.45, 7) is 3.87. The van der Waals surface area contributed by atoms with Gasteiger partial charge in [0.15, 0.2) is 0 Å². The van der Waals surface area contributed by atoms with Crippen LogP contribution in [0.1, 0.15) is 12.6 Å². The molecular weight excluding hydrogens is 343 g/mol. The summed E-state index contributed by atoms with van der Waals surface area (Å²) in [7, 11) is 0. The predicted molar refractivity (Wildman–Crippen MR) is 99.5 cm³/mol. The maximum Gasteiger partial charge on any atom is 0.100 e. The maximum atomic E-state index is 6.03. The second-order valence-corrected chi connectivity index (χ2v) is 6.31. The summed E-state index contributed by atoms with van der Waals surface area (Å²) >= 11 is 6.03. The van der Waals surface area contributed by atoms with Crippen LogP contribution in [-0.2, 0) is 13.1 Å². The second kappa shape index (κ2) is 6.93. The van der Waals surface area contributed by atoms with Crippen molar-refractivity contribution in [3.8, 4) is 22.4 Å². The van der Waals surface area contributed by atoms with Crippen LogP contribution < -0.4 is 5.32 Å². The van der Waals surface area contributed by atoms with E-state index in [4.69, 9.17) is 16.7 Å². The van der Waals surface area contributed by atoms with Gasteiger partial charge in [-0.05, 0) is 36.8 Å². The minimum absolute atomic E-state index is 0. The topological polar surface area (TPSA) is 42.7 Å². The van der Waals surface area contributed by atoms with E-state index in [0.717, 1.165) is 34.9 Å². The first-order valence-electron chi connectivity index (χ1n) is 7.72. The number of halogens is 2. The molecule has 24 heavy (non-hydrogen) atoms. The number of fused-ring (bicyclic) bond motifs is 1. The largest absolute Gasteiger partial charge is 0.307 e. The fourth-order valence-corrected chi connectivity index (χ4v) is 3.18. The molecule has 3 aromatic rings. The highest BCUT2D eigenvalue weighted by atomic mass is 35.5. The predicted octanol–water partition coefficient (Wildman–Crippen LogP) is 4.18.